The number of benzene rings is 2. The second-order valence-corrected chi connectivity index (χ2v) is 11.6. The molecule has 0 radical (unpaired) electrons. The second kappa shape index (κ2) is 17.6. The van der Waals surface area contributed by atoms with Gasteiger partial charge in [-0.15, -0.1) is 0 Å². The molecule has 14 heteroatoms. The summed E-state index contributed by atoms with van der Waals surface area (Å²) < 4.78 is 27.1. The van der Waals surface area contributed by atoms with Crippen molar-refractivity contribution in [1.82, 2.24) is 29.4 Å². The summed E-state index contributed by atoms with van der Waals surface area (Å²) in [7, 11) is 0. The Morgan fingerprint density at radius 1 is 0.543 bits per heavy atom. The fourth-order valence-electron chi connectivity index (χ4n) is 4.93. The van der Waals surface area contributed by atoms with E-state index in [0.29, 0.717) is 125 Å². The van der Waals surface area contributed by atoms with Crippen molar-refractivity contribution in [2.75, 3.05) is 79.0 Å². The molecule has 1 fully saturated rings. The van der Waals surface area contributed by atoms with E-state index in [0.717, 1.165) is 0 Å². The first-order valence-corrected chi connectivity index (χ1v) is 16.0. The molecule has 5 rings (SSSR count). The number of phenols is 2. The first-order chi connectivity index (χ1) is 22.4. The lowest BCUT2D eigenvalue weighted by Crippen LogP contribution is -2.35. The minimum absolute atomic E-state index is 0.133. The van der Waals surface area contributed by atoms with Gasteiger partial charge < -0.3 is 29.2 Å². The fraction of sp³-hybridized carbons (Fsp3) is 0.438. The molecular weight excluding hydrogens is 635 g/mol. The summed E-state index contributed by atoms with van der Waals surface area (Å²) in [5, 5.41) is 30.8. The molecule has 2 aromatic heterocycles. The third kappa shape index (κ3) is 10.4. The molecule has 0 atom stereocenters. The maximum atomic E-state index is 10.2. The number of halogens is 2. The van der Waals surface area contributed by atoms with Crippen LogP contribution in [0.25, 0.3) is 22.5 Å². The predicted molar refractivity (Wildman–Crippen MR) is 175 cm³/mol. The van der Waals surface area contributed by atoms with E-state index in [1.165, 1.54) is 0 Å². The van der Waals surface area contributed by atoms with Crippen LogP contribution in [0.4, 0.5) is 0 Å². The van der Waals surface area contributed by atoms with E-state index in [1.54, 1.807) is 36.4 Å². The average molecular weight is 676 g/mol. The molecular formula is C32H40Cl2N6O6. The summed E-state index contributed by atoms with van der Waals surface area (Å²) in [5.41, 5.74) is 2.47. The molecule has 0 saturated carbocycles. The Hall–Kier alpha value is -3.20. The number of phenolic OH excluding ortho intramolecular Hbond substituents is 2. The van der Waals surface area contributed by atoms with E-state index in [9.17, 15) is 10.2 Å². The van der Waals surface area contributed by atoms with Crippen molar-refractivity contribution in [1.29, 1.82) is 0 Å². The van der Waals surface area contributed by atoms with Crippen molar-refractivity contribution in [3.63, 3.8) is 0 Å². The molecule has 0 unspecified atom stereocenters. The highest BCUT2D eigenvalue weighted by Crippen LogP contribution is 2.31. The van der Waals surface area contributed by atoms with Crippen LogP contribution in [-0.4, -0.2) is 119 Å². The Labute approximate surface area is 278 Å². The Morgan fingerprint density at radius 3 is 1.28 bits per heavy atom. The summed E-state index contributed by atoms with van der Waals surface area (Å²) in [6.45, 7) is 7.89. The van der Waals surface area contributed by atoms with Gasteiger partial charge in [0.05, 0.1) is 77.6 Å². The van der Waals surface area contributed by atoms with Gasteiger partial charge in [0.2, 0.25) is 0 Å². The van der Waals surface area contributed by atoms with Gasteiger partial charge in [0.25, 0.3) is 0 Å². The molecule has 2 N–H and O–H groups in total. The number of hydrogen-bond donors (Lipinski definition) is 2. The highest BCUT2D eigenvalue weighted by atomic mass is 35.5. The number of nitrogens with zero attached hydrogens (tertiary/aromatic N) is 6. The van der Waals surface area contributed by atoms with Crippen molar-refractivity contribution in [2.45, 2.75) is 13.3 Å². The minimum Gasteiger partial charge on any atom is -0.507 e. The molecule has 1 aliphatic rings. The molecule has 1 saturated heterocycles. The van der Waals surface area contributed by atoms with E-state index < -0.39 is 0 Å². The van der Waals surface area contributed by atoms with Crippen molar-refractivity contribution >= 4 is 23.2 Å². The molecule has 12 nitrogen and oxygen atoms in total. The molecule has 0 bridgehead atoms. The zero-order chi connectivity index (χ0) is 32.1. The zero-order valence-electron chi connectivity index (χ0n) is 25.6. The molecule has 0 amide bonds. The van der Waals surface area contributed by atoms with Crippen molar-refractivity contribution in [3.05, 3.63) is 71.0 Å². The van der Waals surface area contributed by atoms with E-state index in [4.69, 9.17) is 42.1 Å². The van der Waals surface area contributed by atoms with Gasteiger partial charge in [0.15, 0.2) is 0 Å². The molecule has 4 aromatic rings. The maximum absolute atomic E-state index is 10.2. The van der Waals surface area contributed by atoms with Crippen LogP contribution in [0.15, 0.2) is 60.9 Å². The van der Waals surface area contributed by atoms with E-state index in [-0.39, 0.29) is 11.5 Å². The predicted octanol–water partition coefficient (Wildman–Crippen LogP) is 4.43. The third-order valence-corrected chi connectivity index (χ3v) is 7.86. The summed E-state index contributed by atoms with van der Waals surface area (Å²) in [5.74, 6) is 0.266. The number of aromatic nitrogens is 4. The zero-order valence-corrected chi connectivity index (χ0v) is 27.2. The van der Waals surface area contributed by atoms with Gasteiger partial charge in [-0.1, -0.05) is 23.2 Å². The molecule has 3 heterocycles. The molecule has 46 heavy (non-hydrogen) atoms. The molecule has 1 aliphatic heterocycles. The topological polar surface area (TPSA) is 120 Å². The lowest BCUT2D eigenvalue weighted by atomic mass is 10.1. The first kappa shape index (κ1) is 34.1. The minimum atomic E-state index is 0.133. The highest BCUT2D eigenvalue weighted by molar-refractivity contribution is 6.31. The Kier molecular flexibility index (Phi) is 13.1. The maximum Gasteiger partial charge on any atom is 0.125 e. The SMILES string of the molecule is Oc1ccc(Cl)cc1-c1ccn(CN2CCOCCOCCN(Cn3ccc(-c4cc(Cl)ccc4O)n3)CCOCCOCC2)n1. The van der Waals surface area contributed by atoms with Crippen LogP contribution in [0, 0.1) is 0 Å². The van der Waals surface area contributed by atoms with Gasteiger partial charge in [0.1, 0.15) is 11.5 Å². The first-order valence-electron chi connectivity index (χ1n) is 15.2. The molecule has 0 spiro atoms. The lowest BCUT2D eigenvalue weighted by molar-refractivity contribution is 0.0000159. The Bertz CT molecular complexity index is 1390. The number of aromatic hydroxyl groups is 2. The third-order valence-electron chi connectivity index (χ3n) is 7.39. The van der Waals surface area contributed by atoms with Crippen LogP contribution in [0.5, 0.6) is 11.5 Å². The van der Waals surface area contributed by atoms with Crippen molar-refractivity contribution in [3.8, 4) is 34.0 Å². The number of hydrogen-bond acceptors (Lipinski definition) is 10. The molecule has 248 valence electrons. The largest absolute Gasteiger partial charge is 0.507 e. The summed E-state index contributed by atoms with van der Waals surface area (Å²) in [4.78, 5) is 4.40. The van der Waals surface area contributed by atoms with Crippen LogP contribution in [0.3, 0.4) is 0 Å². The number of ether oxygens (including phenoxy) is 4. The molecule has 2 aromatic carbocycles. The quantitative estimate of drug-likeness (QED) is 0.304. The fourth-order valence-corrected chi connectivity index (χ4v) is 5.27. The second-order valence-electron chi connectivity index (χ2n) is 10.8. The van der Waals surface area contributed by atoms with Gasteiger partial charge in [-0.3, -0.25) is 19.2 Å². The van der Waals surface area contributed by atoms with Crippen molar-refractivity contribution in [2.24, 2.45) is 0 Å². The monoisotopic (exact) mass is 674 g/mol. The van der Waals surface area contributed by atoms with Gasteiger partial charge in [-0.05, 0) is 48.5 Å². The summed E-state index contributed by atoms with van der Waals surface area (Å²) in [6.07, 6.45) is 3.76. The lowest BCUT2D eigenvalue weighted by Gasteiger charge is -2.23. The molecule has 0 aliphatic carbocycles. The van der Waals surface area contributed by atoms with Gasteiger partial charge >= 0.3 is 0 Å². The summed E-state index contributed by atoms with van der Waals surface area (Å²) >= 11 is 12.2. The highest BCUT2D eigenvalue weighted by Gasteiger charge is 2.14. The van der Waals surface area contributed by atoms with Gasteiger partial charge in [-0.2, -0.15) is 10.2 Å². The smallest absolute Gasteiger partial charge is 0.125 e. The average Bonchev–Trinajstić information content (AvgIpc) is 3.71. The van der Waals surface area contributed by atoms with Crippen LogP contribution < -0.4 is 0 Å². The Balaban J connectivity index is 1.10. The van der Waals surface area contributed by atoms with Crippen molar-refractivity contribution < 1.29 is 29.2 Å². The summed E-state index contributed by atoms with van der Waals surface area (Å²) in [6, 6.07) is 13.5. The van der Waals surface area contributed by atoms with Crippen LogP contribution in [0.2, 0.25) is 10.0 Å². The van der Waals surface area contributed by atoms with Crippen LogP contribution >= 0.6 is 23.2 Å². The van der Waals surface area contributed by atoms with E-state index in [2.05, 4.69) is 20.0 Å². The van der Waals surface area contributed by atoms with Gasteiger partial charge in [-0.25, -0.2) is 0 Å². The Morgan fingerprint density at radius 2 is 0.913 bits per heavy atom. The normalized spacial score (nSPS) is 17.4. The van der Waals surface area contributed by atoms with Crippen LogP contribution in [-0.2, 0) is 32.3 Å². The van der Waals surface area contributed by atoms with Crippen LogP contribution in [0.1, 0.15) is 0 Å². The van der Waals surface area contributed by atoms with E-state index in [1.807, 2.05) is 33.9 Å². The van der Waals surface area contributed by atoms with E-state index >= 15 is 0 Å². The number of rotatable bonds is 6. The van der Waals surface area contributed by atoms with Gasteiger partial charge in [0, 0.05) is 59.7 Å². The standard InChI is InChI=1S/C32H40Cl2N6O6/c33-25-1-3-31(41)27(21-25)29-5-7-39(35-29)23-37-9-13-43-17-19-45-15-11-38(12-16-46-20-18-44-14-10-37)24-40-8-6-30(36-40)28-22-26(34)2-4-32(28)42/h1-8,21-22,41-42H,9-20,23-24H2.